The Morgan fingerprint density at radius 1 is 1.00 bits per heavy atom. The summed E-state index contributed by atoms with van der Waals surface area (Å²) in [5, 5.41) is 11.6. The maximum atomic E-state index is 12.4. The van der Waals surface area contributed by atoms with Gasteiger partial charge >= 0.3 is 12.1 Å². The average molecular weight is 467 g/mol. The number of nitrogens with one attached hydrogen (secondary N) is 1. The molecule has 0 aliphatic heterocycles. The molecule has 0 radical (unpaired) electrons. The molecule has 2 amide bonds. The summed E-state index contributed by atoms with van der Waals surface area (Å²) in [5.41, 5.74) is 4.72. The Bertz CT molecular complexity index is 961. The van der Waals surface area contributed by atoms with E-state index < -0.39 is 12.1 Å². The molecular weight excluding hydrogens is 432 g/mol. The van der Waals surface area contributed by atoms with Crippen molar-refractivity contribution in [2.75, 3.05) is 19.7 Å². The van der Waals surface area contributed by atoms with Gasteiger partial charge in [0, 0.05) is 37.9 Å². The number of carboxylic acid groups (broad SMARTS) is 1. The number of nitrogens with zero attached hydrogens (tertiary/aromatic N) is 1. The molecule has 0 aromatic heterocycles. The topological polar surface area (TPSA) is 95.9 Å². The van der Waals surface area contributed by atoms with E-state index in [9.17, 15) is 14.4 Å². The van der Waals surface area contributed by atoms with Crippen molar-refractivity contribution in [3.63, 3.8) is 0 Å². The van der Waals surface area contributed by atoms with E-state index in [2.05, 4.69) is 29.6 Å². The maximum Gasteiger partial charge on any atom is 0.407 e. The van der Waals surface area contributed by atoms with Crippen molar-refractivity contribution in [3.8, 4) is 11.1 Å². The first kappa shape index (κ1) is 25.3. The Morgan fingerprint density at radius 3 is 2.21 bits per heavy atom. The van der Waals surface area contributed by atoms with Crippen LogP contribution < -0.4 is 5.32 Å². The zero-order chi connectivity index (χ0) is 24.5. The minimum absolute atomic E-state index is 0.0150. The molecule has 1 aliphatic carbocycles. The molecule has 0 fully saturated rings. The quantitative estimate of drug-likeness (QED) is 0.469. The van der Waals surface area contributed by atoms with Crippen molar-refractivity contribution < 1.29 is 24.2 Å². The van der Waals surface area contributed by atoms with Gasteiger partial charge in [0.25, 0.3) is 0 Å². The SMILES string of the molecule is CCN(CCCC(=O)O)C(=O)CCCC(C)NC(=O)OCC1c2ccccc2-c2ccccc21. The highest BCUT2D eigenvalue weighted by molar-refractivity contribution is 5.79. The van der Waals surface area contributed by atoms with Gasteiger partial charge in [-0.15, -0.1) is 0 Å². The number of amides is 2. The molecule has 182 valence electrons. The number of rotatable bonds is 12. The summed E-state index contributed by atoms with van der Waals surface area (Å²) in [6, 6.07) is 16.3. The van der Waals surface area contributed by atoms with Crippen LogP contribution in [0.3, 0.4) is 0 Å². The van der Waals surface area contributed by atoms with E-state index in [4.69, 9.17) is 9.84 Å². The van der Waals surface area contributed by atoms with Gasteiger partial charge in [-0.2, -0.15) is 0 Å². The van der Waals surface area contributed by atoms with Gasteiger partial charge in [0.2, 0.25) is 5.91 Å². The summed E-state index contributed by atoms with van der Waals surface area (Å²) >= 11 is 0. The minimum Gasteiger partial charge on any atom is -0.481 e. The molecule has 7 nitrogen and oxygen atoms in total. The lowest BCUT2D eigenvalue weighted by Crippen LogP contribution is -2.35. The number of ether oxygens (including phenoxy) is 1. The molecule has 2 aromatic carbocycles. The zero-order valence-corrected chi connectivity index (χ0v) is 20.0. The van der Waals surface area contributed by atoms with E-state index in [0.29, 0.717) is 38.8 Å². The third-order valence-corrected chi connectivity index (χ3v) is 6.29. The number of alkyl carbamates (subject to hydrolysis) is 1. The smallest absolute Gasteiger partial charge is 0.407 e. The van der Waals surface area contributed by atoms with Crippen molar-refractivity contribution in [1.82, 2.24) is 10.2 Å². The highest BCUT2D eigenvalue weighted by atomic mass is 16.5. The Hall–Kier alpha value is -3.35. The van der Waals surface area contributed by atoms with Crippen LogP contribution in [0.5, 0.6) is 0 Å². The first-order chi connectivity index (χ1) is 16.4. The molecule has 0 heterocycles. The van der Waals surface area contributed by atoms with Gasteiger partial charge in [0.1, 0.15) is 6.61 Å². The highest BCUT2D eigenvalue weighted by Crippen LogP contribution is 2.44. The van der Waals surface area contributed by atoms with E-state index in [1.54, 1.807) is 4.90 Å². The molecule has 0 bridgehead atoms. The summed E-state index contributed by atoms with van der Waals surface area (Å²) < 4.78 is 5.58. The number of hydrogen-bond donors (Lipinski definition) is 2. The first-order valence-corrected chi connectivity index (χ1v) is 12.0. The minimum atomic E-state index is -0.850. The van der Waals surface area contributed by atoms with Crippen molar-refractivity contribution >= 4 is 18.0 Å². The lowest BCUT2D eigenvalue weighted by atomic mass is 9.98. The molecule has 34 heavy (non-hydrogen) atoms. The van der Waals surface area contributed by atoms with Crippen LogP contribution in [-0.2, 0) is 14.3 Å². The number of hydrogen-bond acceptors (Lipinski definition) is 4. The van der Waals surface area contributed by atoms with Crippen LogP contribution in [0.1, 0.15) is 63.0 Å². The molecule has 1 atom stereocenters. The van der Waals surface area contributed by atoms with Gasteiger partial charge in [-0.1, -0.05) is 48.5 Å². The third kappa shape index (κ3) is 6.59. The van der Waals surface area contributed by atoms with Crippen molar-refractivity contribution in [2.45, 2.75) is 57.9 Å². The van der Waals surface area contributed by atoms with Crippen LogP contribution in [0.15, 0.2) is 48.5 Å². The Labute approximate surface area is 201 Å². The van der Waals surface area contributed by atoms with Gasteiger partial charge in [-0.05, 0) is 55.4 Å². The Balaban J connectivity index is 1.41. The van der Waals surface area contributed by atoms with E-state index in [-0.39, 0.29) is 30.9 Å². The summed E-state index contributed by atoms with van der Waals surface area (Å²) in [6.45, 7) is 5.07. The third-order valence-electron chi connectivity index (χ3n) is 6.29. The molecule has 0 saturated carbocycles. The molecule has 3 rings (SSSR count). The fourth-order valence-electron chi connectivity index (χ4n) is 4.51. The number of benzene rings is 2. The monoisotopic (exact) mass is 466 g/mol. The summed E-state index contributed by atoms with van der Waals surface area (Å²) in [7, 11) is 0. The number of aliphatic carboxylic acids is 1. The van der Waals surface area contributed by atoms with Crippen molar-refractivity contribution in [3.05, 3.63) is 59.7 Å². The molecule has 2 N–H and O–H groups in total. The first-order valence-electron chi connectivity index (χ1n) is 12.0. The van der Waals surface area contributed by atoms with Crippen LogP contribution in [0.2, 0.25) is 0 Å². The van der Waals surface area contributed by atoms with E-state index in [0.717, 1.165) is 0 Å². The van der Waals surface area contributed by atoms with E-state index in [1.807, 2.05) is 38.1 Å². The van der Waals surface area contributed by atoms with E-state index >= 15 is 0 Å². The van der Waals surface area contributed by atoms with Crippen LogP contribution in [0.4, 0.5) is 4.79 Å². The fourth-order valence-corrected chi connectivity index (χ4v) is 4.51. The summed E-state index contributed by atoms with van der Waals surface area (Å²) in [6.07, 6.45) is 1.73. The van der Waals surface area contributed by atoms with Crippen LogP contribution in [-0.4, -0.2) is 53.7 Å². The lowest BCUT2D eigenvalue weighted by molar-refractivity contribution is -0.138. The molecule has 7 heteroatoms. The van der Waals surface area contributed by atoms with Crippen molar-refractivity contribution in [1.29, 1.82) is 0 Å². The fraction of sp³-hybridized carbons (Fsp3) is 0.444. The molecule has 1 unspecified atom stereocenters. The molecule has 1 aliphatic rings. The Morgan fingerprint density at radius 2 is 1.62 bits per heavy atom. The molecule has 0 spiro atoms. The van der Waals surface area contributed by atoms with Crippen LogP contribution in [0, 0.1) is 0 Å². The standard InChI is InChI=1S/C27H34N2O5/c1-3-29(17-9-16-26(31)32)25(30)15-8-10-19(2)28-27(33)34-18-24-22-13-6-4-11-20(22)21-12-5-7-14-23(21)24/h4-7,11-14,19,24H,3,8-10,15-18H2,1-2H3,(H,28,33)(H,31,32). The number of carbonyl (C=O) groups is 3. The normalized spacial score (nSPS) is 13.0. The van der Waals surface area contributed by atoms with E-state index in [1.165, 1.54) is 22.3 Å². The predicted octanol–water partition coefficient (Wildman–Crippen LogP) is 4.80. The van der Waals surface area contributed by atoms with Gasteiger partial charge < -0.3 is 20.1 Å². The number of carbonyl (C=O) groups excluding carboxylic acids is 2. The van der Waals surface area contributed by atoms with Gasteiger partial charge in [0.05, 0.1) is 0 Å². The molecule has 0 saturated heterocycles. The van der Waals surface area contributed by atoms with Crippen LogP contribution in [0.25, 0.3) is 11.1 Å². The molecule has 2 aromatic rings. The second-order valence-electron chi connectivity index (χ2n) is 8.73. The highest BCUT2D eigenvalue weighted by Gasteiger charge is 2.29. The molecular formula is C27H34N2O5. The number of carboxylic acids is 1. The van der Waals surface area contributed by atoms with Crippen LogP contribution >= 0.6 is 0 Å². The lowest BCUT2D eigenvalue weighted by Gasteiger charge is -2.21. The second-order valence-corrected chi connectivity index (χ2v) is 8.73. The van der Waals surface area contributed by atoms with Crippen molar-refractivity contribution in [2.24, 2.45) is 0 Å². The van der Waals surface area contributed by atoms with Gasteiger partial charge in [-0.3, -0.25) is 9.59 Å². The largest absolute Gasteiger partial charge is 0.481 e. The van der Waals surface area contributed by atoms with Gasteiger partial charge in [0.15, 0.2) is 0 Å². The second kappa shape index (κ2) is 12.2. The number of fused-ring (bicyclic) bond motifs is 3. The Kier molecular flexibility index (Phi) is 9.08. The zero-order valence-electron chi connectivity index (χ0n) is 20.0. The summed E-state index contributed by atoms with van der Waals surface area (Å²) in [4.78, 5) is 37.1. The average Bonchev–Trinajstić information content (AvgIpc) is 3.14. The predicted molar refractivity (Wildman–Crippen MR) is 131 cm³/mol. The maximum absolute atomic E-state index is 12.4. The summed E-state index contributed by atoms with van der Waals surface area (Å²) in [5.74, 6) is -0.815. The van der Waals surface area contributed by atoms with Gasteiger partial charge in [-0.25, -0.2) is 4.79 Å².